The molecule has 0 aliphatic heterocycles. The van der Waals surface area contributed by atoms with Gasteiger partial charge in [-0.15, -0.1) is 11.3 Å². The molecule has 1 aromatic heterocycles. The molecule has 0 saturated carbocycles. The number of benzene rings is 1. The maximum Gasteiger partial charge on any atom is 0.338 e. The van der Waals surface area contributed by atoms with Crippen LogP contribution in [0.3, 0.4) is 0 Å². The Morgan fingerprint density at radius 1 is 1.15 bits per heavy atom. The van der Waals surface area contributed by atoms with Crippen molar-refractivity contribution in [2.24, 2.45) is 0 Å². The topological polar surface area (TPSA) is 66.4 Å². The lowest BCUT2D eigenvalue weighted by atomic mass is 10.1. The van der Waals surface area contributed by atoms with E-state index in [0.29, 0.717) is 11.4 Å². The molecule has 5 heteroatoms. The second-order valence-corrected chi connectivity index (χ2v) is 5.27. The molecule has 0 radical (unpaired) electrons. The quantitative estimate of drug-likeness (QED) is 0.856. The van der Waals surface area contributed by atoms with Gasteiger partial charge in [-0.25, -0.2) is 4.79 Å². The highest BCUT2D eigenvalue weighted by atomic mass is 32.1. The Morgan fingerprint density at radius 3 is 2.60 bits per heavy atom. The van der Waals surface area contributed by atoms with Crippen molar-refractivity contribution < 1.29 is 14.7 Å². The smallest absolute Gasteiger partial charge is 0.338 e. The van der Waals surface area contributed by atoms with Crippen LogP contribution in [0.1, 0.15) is 28.8 Å². The van der Waals surface area contributed by atoms with Crippen LogP contribution in [-0.4, -0.2) is 17.0 Å². The van der Waals surface area contributed by atoms with Gasteiger partial charge in [0.1, 0.15) is 5.00 Å². The van der Waals surface area contributed by atoms with Gasteiger partial charge in [-0.3, -0.25) is 4.79 Å². The Labute approximate surface area is 121 Å². The third-order valence-corrected chi connectivity index (χ3v) is 3.69. The van der Waals surface area contributed by atoms with Crippen LogP contribution in [0.2, 0.25) is 0 Å². The summed E-state index contributed by atoms with van der Waals surface area (Å²) in [7, 11) is 0. The van der Waals surface area contributed by atoms with Gasteiger partial charge in [0.15, 0.2) is 0 Å². The standard InChI is InChI=1S/C15H15NO3S/c17-13(8-4-7-11-5-2-1-3-6-11)16-14-12(15(18)19)9-10-20-14/h1-3,5-6,9-10H,4,7-8H2,(H,16,17)(H,18,19). The fourth-order valence-electron chi connectivity index (χ4n) is 1.86. The second-order valence-electron chi connectivity index (χ2n) is 4.36. The fraction of sp³-hybridized carbons (Fsp3) is 0.200. The third-order valence-electron chi connectivity index (χ3n) is 2.86. The van der Waals surface area contributed by atoms with Gasteiger partial charge in [0.05, 0.1) is 5.56 Å². The minimum Gasteiger partial charge on any atom is -0.478 e. The summed E-state index contributed by atoms with van der Waals surface area (Å²) in [6.07, 6.45) is 1.96. The average Bonchev–Trinajstić information content (AvgIpc) is 2.88. The van der Waals surface area contributed by atoms with Crippen LogP contribution in [0, 0.1) is 0 Å². The number of amides is 1. The Kier molecular flexibility index (Phi) is 4.90. The number of aryl methyl sites for hydroxylation is 1. The summed E-state index contributed by atoms with van der Waals surface area (Å²) < 4.78 is 0. The molecule has 0 bridgehead atoms. The van der Waals surface area contributed by atoms with Gasteiger partial charge >= 0.3 is 5.97 Å². The second kappa shape index (κ2) is 6.86. The van der Waals surface area contributed by atoms with Crippen LogP contribution in [-0.2, 0) is 11.2 Å². The molecule has 0 unspecified atom stereocenters. The number of carboxylic acids is 1. The highest BCUT2D eigenvalue weighted by molar-refractivity contribution is 7.14. The Morgan fingerprint density at radius 2 is 1.90 bits per heavy atom. The van der Waals surface area contributed by atoms with Gasteiger partial charge in [-0.2, -0.15) is 0 Å². The van der Waals surface area contributed by atoms with E-state index in [0.717, 1.165) is 12.8 Å². The van der Waals surface area contributed by atoms with Gasteiger partial charge in [0, 0.05) is 6.42 Å². The molecule has 2 aromatic rings. The van der Waals surface area contributed by atoms with E-state index in [9.17, 15) is 9.59 Å². The van der Waals surface area contributed by atoms with Gasteiger partial charge in [-0.1, -0.05) is 30.3 Å². The number of carbonyl (C=O) groups excluding carboxylic acids is 1. The van der Waals surface area contributed by atoms with Gasteiger partial charge in [-0.05, 0) is 29.9 Å². The first kappa shape index (κ1) is 14.3. The number of carbonyl (C=O) groups is 2. The molecule has 2 N–H and O–H groups in total. The van der Waals surface area contributed by atoms with Crippen LogP contribution in [0.25, 0.3) is 0 Å². The molecule has 4 nitrogen and oxygen atoms in total. The summed E-state index contributed by atoms with van der Waals surface area (Å²) in [6, 6.07) is 11.5. The molecule has 0 atom stereocenters. The lowest BCUT2D eigenvalue weighted by Gasteiger charge is -2.04. The molecular formula is C15H15NO3S. The van der Waals surface area contributed by atoms with Crippen LogP contribution in [0.5, 0.6) is 0 Å². The summed E-state index contributed by atoms with van der Waals surface area (Å²) in [5.41, 5.74) is 1.34. The van der Waals surface area contributed by atoms with Crippen LogP contribution in [0.4, 0.5) is 5.00 Å². The molecule has 1 heterocycles. The number of carboxylic acid groups (broad SMARTS) is 1. The zero-order valence-electron chi connectivity index (χ0n) is 10.8. The van der Waals surface area contributed by atoms with Crippen molar-refractivity contribution in [1.29, 1.82) is 0 Å². The first-order chi connectivity index (χ1) is 9.66. The largest absolute Gasteiger partial charge is 0.478 e. The Balaban J connectivity index is 1.81. The molecule has 0 aliphatic rings. The van der Waals surface area contributed by atoms with Crippen LogP contribution >= 0.6 is 11.3 Å². The van der Waals surface area contributed by atoms with Crippen molar-refractivity contribution in [3.05, 3.63) is 52.9 Å². The average molecular weight is 289 g/mol. The number of anilines is 1. The van der Waals surface area contributed by atoms with Crippen LogP contribution < -0.4 is 5.32 Å². The van der Waals surface area contributed by atoms with Crippen LogP contribution in [0.15, 0.2) is 41.8 Å². The normalized spacial score (nSPS) is 10.2. The van der Waals surface area contributed by atoms with E-state index in [1.54, 1.807) is 5.38 Å². The lowest BCUT2D eigenvalue weighted by Crippen LogP contribution is -2.12. The van der Waals surface area contributed by atoms with E-state index >= 15 is 0 Å². The molecule has 2 rings (SSSR count). The van der Waals surface area contributed by atoms with E-state index in [1.165, 1.54) is 23.0 Å². The molecule has 0 aliphatic carbocycles. The number of nitrogens with one attached hydrogen (secondary N) is 1. The number of aromatic carboxylic acids is 1. The molecule has 0 saturated heterocycles. The molecule has 1 aromatic carbocycles. The molecular weight excluding hydrogens is 274 g/mol. The Bertz CT molecular complexity index is 592. The van der Waals surface area contributed by atoms with E-state index in [4.69, 9.17) is 5.11 Å². The fourth-order valence-corrected chi connectivity index (χ4v) is 2.66. The molecule has 0 fully saturated rings. The predicted molar refractivity (Wildman–Crippen MR) is 79.3 cm³/mol. The lowest BCUT2D eigenvalue weighted by molar-refractivity contribution is -0.116. The monoisotopic (exact) mass is 289 g/mol. The van der Waals surface area contributed by atoms with E-state index in [-0.39, 0.29) is 11.5 Å². The first-order valence-corrected chi connectivity index (χ1v) is 7.19. The summed E-state index contributed by atoms with van der Waals surface area (Å²) in [6.45, 7) is 0. The van der Waals surface area contributed by atoms with Crippen molar-refractivity contribution in [2.45, 2.75) is 19.3 Å². The molecule has 1 amide bonds. The van der Waals surface area contributed by atoms with Crippen molar-refractivity contribution in [2.75, 3.05) is 5.32 Å². The first-order valence-electron chi connectivity index (χ1n) is 6.31. The van der Waals surface area contributed by atoms with Gasteiger partial charge in [0.25, 0.3) is 0 Å². The minimum atomic E-state index is -1.02. The zero-order valence-corrected chi connectivity index (χ0v) is 11.7. The zero-order chi connectivity index (χ0) is 14.4. The van der Waals surface area contributed by atoms with Crippen molar-refractivity contribution >= 4 is 28.2 Å². The number of rotatable bonds is 6. The summed E-state index contributed by atoms with van der Waals surface area (Å²) in [5.74, 6) is -1.17. The van der Waals surface area contributed by atoms with E-state index in [1.807, 2.05) is 30.3 Å². The van der Waals surface area contributed by atoms with Gasteiger partial charge in [0.2, 0.25) is 5.91 Å². The highest BCUT2D eigenvalue weighted by Crippen LogP contribution is 2.23. The number of hydrogen-bond donors (Lipinski definition) is 2. The maximum atomic E-state index is 11.8. The SMILES string of the molecule is O=C(CCCc1ccccc1)Nc1sccc1C(=O)O. The van der Waals surface area contributed by atoms with Gasteiger partial charge < -0.3 is 10.4 Å². The van der Waals surface area contributed by atoms with E-state index < -0.39 is 5.97 Å². The molecule has 0 spiro atoms. The molecule has 20 heavy (non-hydrogen) atoms. The summed E-state index contributed by atoms with van der Waals surface area (Å²) >= 11 is 1.22. The van der Waals surface area contributed by atoms with Crippen molar-refractivity contribution in [3.63, 3.8) is 0 Å². The predicted octanol–water partition coefficient (Wildman–Crippen LogP) is 3.41. The highest BCUT2D eigenvalue weighted by Gasteiger charge is 2.13. The maximum absolute atomic E-state index is 11.8. The van der Waals surface area contributed by atoms with Crippen molar-refractivity contribution in [3.8, 4) is 0 Å². The Hall–Kier alpha value is -2.14. The third kappa shape index (κ3) is 3.93. The summed E-state index contributed by atoms with van der Waals surface area (Å²) in [4.78, 5) is 22.7. The molecule has 104 valence electrons. The minimum absolute atomic E-state index is 0.145. The van der Waals surface area contributed by atoms with E-state index in [2.05, 4.69) is 5.32 Å². The number of thiophene rings is 1. The summed E-state index contributed by atoms with van der Waals surface area (Å²) in [5, 5.41) is 13.7. The number of hydrogen-bond acceptors (Lipinski definition) is 3. The van der Waals surface area contributed by atoms with Crippen molar-refractivity contribution in [1.82, 2.24) is 0 Å².